The molecule has 0 saturated carbocycles. The maximum atomic E-state index is 4.87. The number of hydrogen-bond acceptors (Lipinski definition) is 4. The molecular formula is C15H24N4S. The highest BCUT2D eigenvalue weighted by Crippen LogP contribution is 2.30. The van der Waals surface area contributed by atoms with Gasteiger partial charge in [-0.1, -0.05) is 0 Å². The van der Waals surface area contributed by atoms with Crippen molar-refractivity contribution in [3.05, 3.63) is 17.3 Å². The second-order valence-corrected chi connectivity index (χ2v) is 7.60. The molecule has 5 heteroatoms. The van der Waals surface area contributed by atoms with Crippen LogP contribution in [0.2, 0.25) is 0 Å². The topological polar surface area (TPSA) is 32.6 Å². The summed E-state index contributed by atoms with van der Waals surface area (Å²) < 4.78 is 2.24. The number of hydrogen-bond donors (Lipinski definition) is 1. The molecule has 1 unspecified atom stereocenters. The quantitative estimate of drug-likeness (QED) is 0.942. The van der Waals surface area contributed by atoms with Crippen LogP contribution >= 0.6 is 11.3 Å². The fraction of sp³-hybridized carbons (Fsp3) is 0.667. The highest BCUT2D eigenvalue weighted by molar-refractivity contribution is 7.15. The van der Waals surface area contributed by atoms with E-state index in [-0.39, 0.29) is 5.54 Å². The summed E-state index contributed by atoms with van der Waals surface area (Å²) in [6.07, 6.45) is 4.69. The van der Waals surface area contributed by atoms with E-state index in [4.69, 9.17) is 4.98 Å². The Morgan fingerprint density at radius 3 is 2.90 bits per heavy atom. The highest BCUT2D eigenvalue weighted by atomic mass is 32.1. The maximum absolute atomic E-state index is 4.87. The van der Waals surface area contributed by atoms with Gasteiger partial charge in [0.25, 0.3) is 0 Å². The van der Waals surface area contributed by atoms with E-state index in [2.05, 4.69) is 53.9 Å². The van der Waals surface area contributed by atoms with Crippen molar-refractivity contribution in [2.75, 3.05) is 11.4 Å². The van der Waals surface area contributed by atoms with Crippen LogP contribution in [0.1, 0.15) is 46.2 Å². The number of aromatic nitrogens is 2. The SMILES string of the molecule is CC1CCCN1c1nc2sccn2c1CNC(C)(C)C. The first-order valence-corrected chi connectivity index (χ1v) is 8.30. The summed E-state index contributed by atoms with van der Waals surface area (Å²) in [5.41, 5.74) is 1.42. The molecule has 0 amide bonds. The van der Waals surface area contributed by atoms with Gasteiger partial charge in [0.05, 0.1) is 5.69 Å². The van der Waals surface area contributed by atoms with Crippen molar-refractivity contribution in [1.82, 2.24) is 14.7 Å². The van der Waals surface area contributed by atoms with Crippen molar-refractivity contribution in [2.24, 2.45) is 0 Å². The first-order valence-electron chi connectivity index (χ1n) is 7.42. The Bertz CT molecular complexity index is 593. The smallest absolute Gasteiger partial charge is 0.195 e. The molecule has 1 atom stereocenters. The van der Waals surface area contributed by atoms with E-state index in [0.29, 0.717) is 6.04 Å². The fourth-order valence-corrected chi connectivity index (χ4v) is 3.54. The van der Waals surface area contributed by atoms with Gasteiger partial charge < -0.3 is 10.2 Å². The van der Waals surface area contributed by atoms with Crippen molar-refractivity contribution in [2.45, 2.75) is 58.7 Å². The molecule has 3 heterocycles. The standard InChI is InChI=1S/C15H24N4S/c1-11-6-5-7-18(11)13-12(10-16-15(2,3)4)19-8-9-20-14(19)17-13/h8-9,11,16H,5-7,10H2,1-4H3. The lowest BCUT2D eigenvalue weighted by molar-refractivity contribution is 0.420. The summed E-state index contributed by atoms with van der Waals surface area (Å²) in [6, 6.07) is 0.605. The van der Waals surface area contributed by atoms with Gasteiger partial charge in [0.2, 0.25) is 0 Å². The van der Waals surface area contributed by atoms with E-state index in [9.17, 15) is 0 Å². The lowest BCUT2D eigenvalue weighted by Crippen LogP contribution is -2.36. The summed E-state index contributed by atoms with van der Waals surface area (Å²) in [5.74, 6) is 1.18. The highest BCUT2D eigenvalue weighted by Gasteiger charge is 2.27. The molecule has 2 aromatic rings. The first-order chi connectivity index (χ1) is 9.46. The molecule has 2 aromatic heterocycles. The summed E-state index contributed by atoms with van der Waals surface area (Å²) in [4.78, 5) is 8.45. The van der Waals surface area contributed by atoms with Crippen molar-refractivity contribution in [3.63, 3.8) is 0 Å². The fourth-order valence-electron chi connectivity index (χ4n) is 2.81. The van der Waals surface area contributed by atoms with Crippen LogP contribution < -0.4 is 10.2 Å². The van der Waals surface area contributed by atoms with Gasteiger partial charge in [-0.25, -0.2) is 4.98 Å². The Hall–Kier alpha value is -1.07. The summed E-state index contributed by atoms with van der Waals surface area (Å²) in [5, 5.41) is 5.71. The third-order valence-corrected chi connectivity index (χ3v) is 4.71. The zero-order valence-corrected chi connectivity index (χ0v) is 13.6. The number of thiazole rings is 1. The van der Waals surface area contributed by atoms with E-state index < -0.39 is 0 Å². The Kier molecular flexibility index (Phi) is 3.50. The molecule has 0 bridgehead atoms. The normalized spacial score (nSPS) is 20.2. The number of rotatable bonds is 3. The molecule has 1 saturated heterocycles. The number of nitrogens with zero attached hydrogens (tertiary/aromatic N) is 3. The van der Waals surface area contributed by atoms with Crippen LogP contribution in [-0.2, 0) is 6.54 Å². The molecule has 0 radical (unpaired) electrons. The van der Waals surface area contributed by atoms with Crippen molar-refractivity contribution in [1.29, 1.82) is 0 Å². The molecule has 0 aliphatic carbocycles. The van der Waals surface area contributed by atoms with Crippen LogP contribution in [0, 0.1) is 0 Å². The molecule has 4 nitrogen and oxygen atoms in total. The summed E-state index contributed by atoms with van der Waals surface area (Å²) in [7, 11) is 0. The van der Waals surface area contributed by atoms with Crippen LogP contribution in [-0.4, -0.2) is 27.5 Å². The van der Waals surface area contributed by atoms with Crippen LogP contribution in [0.5, 0.6) is 0 Å². The third-order valence-electron chi connectivity index (χ3n) is 3.95. The molecule has 3 rings (SSSR count). The zero-order chi connectivity index (χ0) is 14.3. The van der Waals surface area contributed by atoms with Crippen LogP contribution in [0.3, 0.4) is 0 Å². The minimum atomic E-state index is 0.119. The van der Waals surface area contributed by atoms with Gasteiger partial charge in [-0.05, 0) is 40.5 Å². The van der Waals surface area contributed by atoms with E-state index in [1.54, 1.807) is 11.3 Å². The van der Waals surface area contributed by atoms with Crippen LogP contribution in [0.4, 0.5) is 5.82 Å². The van der Waals surface area contributed by atoms with Gasteiger partial charge in [0, 0.05) is 36.2 Å². The average Bonchev–Trinajstić information content (AvgIpc) is 2.99. The van der Waals surface area contributed by atoms with E-state index in [1.165, 1.54) is 24.4 Å². The molecular weight excluding hydrogens is 268 g/mol. The third kappa shape index (κ3) is 2.56. The van der Waals surface area contributed by atoms with E-state index in [1.807, 2.05) is 0 Å². The largest absolute Gasteiger partial charge is 0.352 e. The first kappa shape index (κ1) is 13.9. The molecule has 20 heavy (non-hydrogen) atoms. The Morgan fingerprint density at radius 2 is 2.25 bits per heavy atom. The van der Waals surface area contributed by atoms with Gasteiger partial charge >= 0.3 is 0 Å². The summed E-state index contributed by atoms with van der Waals surface area (Å²) in [6.45, 7) is 10.9. The van der Waals surface area contributed by atoms with Gasteiger partial charge in [-0.2, -0.15) is 0 Å². The average molecular weight is 292 g/mol. The van der Waals surface area contributed by atoms with Crippen molar-refractivity contribution < 1.29 is 0 Å². The second kappa shape index (κ2) is 5.04. The Balaban J connectivity index is 1.96. The zero-order valence-electron chi connectivity index (χ0n) is 12.8. The van der Waals surface area contributed by atoms with Crippen LogP contribution in [0.25, 0.3) is 4.96 Å². The lowest BCUT2D eigenvalue weighted by atomic mass is 10.1. The summed E-state index contributed by atoms with van der Waals surface area (Å²) >= 11 is 1.71. The van der Waals surface area contributed by atoms with Gasteiger partial charge in [-0.3, -0.25) is 4.40 Å². The predicted octanol–water partition coefficient (Wildman–Crippen LogP) is 3.27. The second-order valence-electron chi connectivity index (χ2n) is 6.73. The van der Waals surface area contributed by atoms with Gasteiger partial charge in [0.1, 0.15) is 0 Å². The lowest BCUT2D eigenvalue weighted by Gasteiger charge is -2.25. The predicted molar refractivity (Wildman–Crippen MR) is 85.7 cm³/mol. The van der Waals surface area contributed by atoms with Crippen molar-refractivity contribution >= 4 is 22.1 Å². The molecule has 1 aliphatic rings. The molecule has 1 fully saturated rings. The molecule has 0 aromatic carbocycles. The monoisotopic (exact) mass is 292 g/mol. The number of imidazole rings is 1. The molecule has 0 spiro atoms. The maximum Gasteiger partial charge on any atom is 0.195 e. The number of nitrogens with one attached hydrogen (secondary N) is 1. The van der Waals surface area contributed by atoms with Gasteiger partial charge in [0.15, 0.2) is 10.8 Å². The minimum Gasteiger partial charge on any atom is -0.352 e. The van der Waals surface area contributed by atoms with E-state index >= 15 is 0 Å². The van der Waals surface area contributed by atoms with Gasteiger partial charge in [-0.15, -0.1) is 11.3 Å². The number of fused-ring (bicyclic) bond motifs is 1. The number of anilines is 1. The minimum absolute atomic E-state index is 0.119. The molecule has 110 valence electrons. The van der Waals surface area contributed by atoms with Crippen molar-refractivity contribution in [3.8, 4) is 0 Å². The van der Waals surface area contributed by atoms with Crippen LogP contribution in [0.15, 0.2) is 11.6 Å². The molecule has 1 N–H and O–H groups in total. The molecule has 1 aliphatic heterocycles. The van der Waals surface area contributed by atoms with E-state index in [0.717, 1.165) is 18.1 Å². The Labute approximate surface area is 124 Å². The Morgan fingerprint density at radius 1 is 1.45 bits per heavy atom.